The number of amides is 3. The molecule has 7 heteroatoms. The highest BCUT2D eigenvalue weighted by molar-refractivity contribution is 6.06. The number of nitrogens with zero attached hydrogens (tertiary/aromatic N) is 1. The van der Waals surface area contributed by atoms with Gasteiger partial charge >= 0.3 is 0 Å². The van der Waals surface area contributed by atoms with Gasteiger partial charge in [-0.05, 0) is 30.3 Å². The molecular formula is C22H22N4O3. The minimum atomic E-state index is -0.382. The predicted molar refractivity (Wildman–Crippen MR) is 111 cm³/mol. The summed E-state index contributed by atoms with van der Waals surface area (Å²) in [5.74, 6) is -0.786. The smallest absolute Gasteiger partial charge is 0.252 e. The summed E-state index contributed by atoms with van der Waals surface area (Å²) in [7, 11) is 0. The van der Waals surface area contributed by atoms with Crippen LogP contribution in [0.2, 0.25) is 0 Å². The minimum absolute atomic E-state index is 0.0516. The standard InChI is InChI=1S/C22H22N4O3/c27-20-13-15(14-26(20)16-5-2-1-3-6-16)21(28)24-11-12-25-22(29)18-7-4-8-19-17(18)9-10-23-19/h1-10,15,23H,11-14H2,(H,24,28)(H,25,29)/t15-/m0/s1. The van der Waals surface area contributed by atoms with Crippen LogP contribution in [0, 0.1) is 5.92 Å². The summed E-state index contributed by atoms with van der Waals surface area (Å²) in [6.45, 7) is 0.995. The molecule has 7 nitrogen and oxygen atoms in total. The SMILES string of the molecule is O=C(NCCNC(=O)[C@H]1CC(=O)N(c2ccccc2)C1)c1cccc2[nH]ccc12. The number of para-hydroxylation sites is 1. The number of H-pyrrole nitrogens is 1. The second kappa shape index (κ2) is 8.18. The zero-order chi connectivity index (χ0) is 20.2. The van der Waals surface area contributed by atoms with Crippen LogP contribution in [0.15, 0.2) is 60.8 Å². The molecular weight excluding hydrogens is 368 g/mol. The summed E-state index contributed by atoms with van der Waals surface area (Å²) < 4.78 is 0. The Morgan fingerprint density at radius 3 is 2.62 bits per heavy atom. The Bertz CT molecular complexity index is 1040. The van der Waals surface area contributed by atoms with E-state index in [1.165, 1.54) is 0 Å². The number of aromatic amines is 1. The highest BCUT2D eigenvalue weighted by atomic mass is 16.2. The number of anilines is 1. The van der Waals surface area contributed by atoms with Gasteiger partial charge in [0, 0.05) is 54.4 Å². The molecule has 3 aromatic rings. The van der Waals surface area contributed by atoms with Crippen molar-refractivity contribution in [2.45, 2.75) is 6.42 Å². The van der Waals surface area contributed by atoms with Crippen LogP contribution in [0.1, 0.15) is 16.8 Å². The molecule has 2 heterocycles. The molecule has 148 valence electrons. The molecule has 1 atom stereocenters. The number of hydrogen-bond donors (Lipinski definition) is 3. The fourth-order valence-electron chi connectivity index (χ4n) is 3.63. The maximum atomic E-state index is 12.4. The lowest BCUT2D eigenvalue weighted by Crippen LogP contribution is -2.38. The van der Waals surface area contributed by atoms with E-state index in [0.29, 0.717) is 25.2 Å². The van der Waals surface area contributed by atoms with Gasteiger partial charge < -0.3 is 20.5 Å². The maximum absolute atomic E-state index is 12.4. The lowest BCUT2D eigenvalue weighted by atomic mass is 10.1. The number of benzene rings is 2. The second-order valence-electron chi connectivity index (χ2n) is 7.03. The van der Waals surface area contributed by atoms with Crippen LogP contribution in [0.4, 0.5) is 5.69 Å². The van der Waals surface area contributed by atoms with Gasteiger partial charge in [-0.25, -0.2) is 0 Å². The third kappa shape index (κ3) is 3.99. The molecule has 0 saturated carbocycles. The zero-order valence-electron chi connectivity index (χ0n) is 15.9. The van der Waals surface area contributed by atoms with E-state index in [9.17, 15) is 14.4 Å². The third-order valence-corrected chi connectivity index (χ3v) is 5.11. The topological polar surface area (TPSA) is 94.3 Å². The first kappa shape index (κ1) is 18.7. The maximum Gasteiger partial charge on any atom is 0.252 e. The number of hydrogen-bond acceptors (Lipinski definition) is 3. The summed E-state index contributed by atoms with van der Waals surface area (Å²) >= 11 is 0. The molecule has 1 saturated heterocycles. The van der Waals surface area contributed by atoms with Gasteiger partial charge in [0.1, 0.15) is 0 Å². The first-order valence-corrected chi connectivity index (χ1v) is 9.61. The van der Waals surface area contributed by atoms with E-state index in [-0.39, 0.29) is 30.1 Å². The first-order chi connectivity index (χ1) is 14.1. The molecule has 0 radical (unpaired) electrons. The Morgan fingerprint density at radius 2 is 1.79 bits per heavy atom. The average molecular weight is 390 g/mol. The number of aromatic nitrogens is 1. The lowest BCUT2D eigenvalue weighted by Gasteiger charge is -2.16. The molecule has 3 N–H and O–H groups in total. The highest BCUT2D eigenvalue weighted by Crippen LogP contribution is 2.24. The monoisotopic (exact) mass is 390 g/mol. The molecule has 0 bridgehead atoms. The molecule has 0 aliphatic carbocycles. The van der Waals surface area contributed by atoms with Crippen molar-refractivity contribution >= 4 is 34.3 Å². The van der Waals surface area contributed by atoms with Gasteiger partial charge in [0.25, 0.3) is 5.91 Å². The molecule has 0 spiro atoms. The number of fused-ring (bicyclic) bond motifs is 1. The molecule has 3 amide bonds. The van der Waals surface area contributed by atoms with Crippen molar-refractivity contribution in [3.8, 4) is 0 Å². The molecule has 1 aliphatic rings. The normalized spacial score (nSPS) is 16.2. The Kier molecular flexibility index (Phi) is 5.29. The zero-order valence-corrected chi connectivity index (χ0v) is 15.9. The fourth-order valence-corrected chi connectivity index (χ4v) is 3.63. The number of nitrogens with one attached hydrogen (secondary N) is 3. The van der Waals surface area contributed by atoms with Gasteiger partial charge in [-0.2, -0.15) is 0 Å². The van der Waals surface area contributed by atoms with Gasteiger partial charge in [-0.15, -0.1) is 0 Å². The van der Waals surface area contributed by atoms with Crippen molar-refractivity contribution < 1.29 is 14.4 Å². The van der Waals surface area contributed by atoms with E-state index in [1.54, 1.807) is 17.2 Å². The van der Waals surface area contributed by atoms with Crippen molar-refractivity contribution in [1.82, 2.24) is 15.6 Å². The van der Waals surface area contributed by atoms with E-state index in [2.05, 4.69) is 15.6 Å². The molecule has 0 unspecified atom stereocenters. The van der Waals surface area contributed by atoms with Crippen LogP contribution in [0.3, 0.4) is 0 Å². The second-order valence-corrected chi connectivity index (χ2v) is 7.03. The predicted octanol–water partition coefficient (Wildman–Crippen LogP) is 2.07. The Hall–Kier alpha value is -3.61. The van der Waals surface area contributed by atoms with Crippen LogP contribution in [-0.2, 0) is 9.59 Å². The third-order valence-electron chi connectivity index (χ3n) is 5.11. The summed E-state index contributed by atoms with van der Waals surface area (Å²) in [6.07, 6.45) is 1.99. The van der Waals surface area contributed by atoms with E-state index in [4.69, 9.17) is 0 Å². The number of rotatable bonds is 6. The largest absolute Gasteiger partial charge is 0.361 e. The quantitative estimate of drug-likeness (QED) is 0.563. The van der Waals surface area contributed by atoms with Crippen molar-refractivity contribution in [1.29, 1.82) is 0 Å². The number of carbonyl (C=O) groups excluding carboxylic acids is 3. The molecule has 1 aromatic heterocycles. The van der Waals surface area contributed by atoms with Gasteiger partial charge in [-0.1, -0.05) is 24.3 Å². The minimum Gasteiger partial charge on any atom is -0.361 e. The average Bonchev–Trinajstić information content (AvgIpc) is 3.38. The summed E-state index contributed by atoms with van der Waals surface area (Å²) in [6, 6.07) is 16.7. The van der Waals surface area contributed by atoms with Gasteiger partial charge in [0.2, 0.25) is 11.8 Å². The molecule has 29 heavy (non-hydrogen) atoms. The Morgan fingerprint density at radius 1 is 1.00 bits per heavy atom. The van der Waals surface area contributed by atoms with Crippen LogP contribution in [0.5, 0.6) is 0 Å². The van der Waals surface area contributed by atoms with Gasteiger partial charge in [0.15, 0.2) is 0 Å². The van der Waals surface area contributed by atoms with Crippen molar-refractivity contribution in [2.75, 3.05) is 24.5 Å². The molecule has 1 fully saturated rings. The van der Waals surface area contributed by atoms with E-state index in [0.717, 1.165) is 16.6 Å². The Labute approximate surface area is 168 Å². The molecule has 2 aromatic carbocycles. The van der Waals surface area contributed by atoms with Crippen LogP contribution in [0.25, 0.3) is 10.9 Å². The van der Waals surface area contributed by atoms with Crippen LogP contribution in [-0.4, -0.2) is 42.3 Å². The Balaban J connectivity index is 1.26. The van der Waals surface area contributed by atoms with Crippen LogP contribution < -0.4 is 15.5 Å². The van der Waals surface area contributed by atoms with E-state index in [1.807, 2.05) is 48.5 Å². The summed E-state index contributed by atoms with van der Waals surface area (Å²) in [5, 5.41) is 6.50. The van der Waals surface area contributed by atoms with E-state index < -0.39 is 0 Å². The lowest BCUT2D eigenvalue weighted by molar-refractivity contribution is -0.126. The van der Waals surface area contributed by atoms with E-state index >= 15 is 0 Å². The summed E-state index contributed by atoms with van der Waals surface area (Å²) in [5.41, 5.74) is 2.30. The van der Waals surface area contributed by atoms with Gasteiger partial charge in [0.05, 0.1) is 5.92 Å². The molecule has 4 rings (SSSR count). The summed E-state index contributed by atoms with van der Waals surface area (Å²) in [4.78, 5) is 41.8. The highest BCUT2D eigenvalue weighted by Gasteiger charge is 2.34. The van der Waals surface area contributed by atoms with Crippen molar-refractivity contribution in [2.24, 2.45) is 5.92 Å². The van der Waals surface area contributed by atoms with Gasteiger partial charge in [-0.3, -0.25) is 14.4 Å². The number of carbonyl (C=O) groups is 3. The first-order valence-electron chi connectivity index (χ1n) is 9.61. The fraction of sp³-hybridized carbons (Fsp3) is 0.227. The van der Waals surface area contributed by atoms with Crippen molar-refractivity contribution in [3.05, 3.63) is 66.4 Å². The molecule has 1 aliphatic heterocycles. The van der Waals surface area contributed by atoms with Crippen molar-refractivity contribution in [3.63, 3.8) is 0 Å². The van der Waals surface area contributed by atoms with Crippen LogP contribution >= 0.6 is 0 Å².